The Balaban J connectivity index is 1.40. The van der Waals surface area contributed by atoms with E-state index in [0.717, 1.165) is 65.9 Å². The molecule has 1 saturated heterocycles. The molecular weight excluding hydrogens is 448 g/mol. The van der Waals surface area contributed by atoms with Crippen LogP contribution >= 0.6 is 11.3 Å². The molecule has 9 heteroatoms. The molecule has 1 unspecified atom stereocenters. The van der Waals surface area contributed by atoms with Gasteiger partial charge in [-0.25, -0.2) is 4.98 Å². The largest absolute Gasteiger partial charge is 0.397 e. The predicted molar refractivity (Wildman–Crippen MR) is 136 cm³/mol. The highest BCUT2D eigenvalue weighted by atomic mass is 32.1. The lowest BCUT2D eigenvalue weighted by Crippen LogP contribution is -2.44. The lowest BCUT2D eigenvalue weighted by atomic mass is 10.0. The average Bonchev–Trinajstić information content (AvgIpc) is 3.20. The molecule has 1 aliphatic heterocycles. The number of pyridine rings is 1. The number of aryl methyl sites for hydroxylation is 1. The van der Waals surface area contributed by atoms with Crippen LogP contribution in [0.3, 0.4) is 0 Å². The number of anilines is 2. The van der Waals surface area contributed by atoms with Crippen molar-refractivity contribution in [2.24, 2.45) is 5.73 Å². The highest BCUT2D eigenvalue weighted by Gasteiger charge is 2.24. The number of carbonyl (C=O) groups excluding carboxylic acids is 1. The lowest BCUT2D eigenvalue weighted by molar-refractivity contribution is 0.100. The molecule has 34 heavy (non-hydrogen) atoms. The number of benzene rings is 1. The Morgan fingerprint density at radius 2 is 2.06 bits per heavy atom. The van der Waals surface area contributed by atoms with Crippen molar-refractivity contribution in [2.45, 2.75) is 44.8 Å². The van der Waals surface area contributed by atoms with Gasteiger partial charge in [-0.3, -0.25) is 4.79 Å². The Kier molecular flexibility index (Phi) is 7.32. The maximum atomic E-state index is 11.8. The van der Waals surface area contributed by atoms with E-state index < -0.39 is 12.0 Å². The Morgan fingerprint density at radius 1 is 1.35 bits per heavy atom. The van der Waals surface area contributed by atoms with Crippen molar-refractivity contribution in [2.75, 3.05) is 30.3 Å². The van der Waals surface area contributed by atoms with Crippen LogP contribution in [0.2, 0.25) is 0 Å². The van der Waals surface area contributed by atoms with Gasteiger partial charge in [0.05, 0.1) is 23.4 Å². The number of nitrogens with zero attached hydrogens (tertiary/aromatic N) is 3. The van der Waals surface area contributed by atoms with Gasteiger partial charge in [0.15, 0.2) is 0 Å². The molecule has 1 aromatic carbocycles. The number of primary amides is 1. The number of amides is 1. The first kappa shape index (κ1) is 24.0. The van der Waals surface area contributed by atoms with Crippen molar-refractivity contribution in [3.05, 3.63) is 51.9 Å². The molecule has 1 atom stereocenters. The summed E-state index contributed by atoms with van der Waals surface area (Å²) in [6.07, 6.45) is 3.07. The first-order valence-electron chi connectivity index (χ1n) is 11.6. The van der Waals surface area contributed by atoms with Crippen LogP contribution in [-0.2, 0) is 6.42 Å². The fourth-order valence-electron chi connectivity index (χ4n) is 4.48. The third-order valence-electron chi connectivity index (χ3n) is 6.35. The summed E-state index contributed by atoms with van der Waals surface area (Å²) in [6, 6.07) is 11.5. The Bertz CT molecular complexity index is 1210. The number of nitrogen functional groups attached to an aromatic ring is 1. The van der Waals surface area contributed by atoms with E-state index in [1.807, 2.05) is 0 Å². The molecule has 0 spiro atoms. The number of hydrogen-bond acceptors (Lipinski definition) is 8. The van der Waals surface area contributed by atoms with Gasteiger partial charge < -0.3 is 26.8 Å². The van der Waals surface area contributed by atoms with Crippen LogP contribution < -0.4 is 21.7 Å². The van der Waals surface area contributed by atoms with Gasteiger partial charge in [-0.15, -0.1) is 11.3 Å². The molecule has 2 aromatic heterocycles. The van der Waals surface area contributed by atoms with Crippen molar-refractivity contribution in [1.82, 2.24) is 10.3 Å². The van der Waals surface area contributed by atoms with Gasteiger partial charge in [-0.2, -0.15) is 5.26 Å². The van der Waals surface area contributed by atoms with Crippen molar-refractivity contribution < 1.29 is 9.90 Å². The van der Waals surface area contributed by atoms with Gasteiger partial charge in [0.2, 0.25) is 0 Å². The molecule has 1 fully saturated rings. The van der Waals surface area contributed by atoms with Crippen molar-refractivity contribution in [3.63, 3.8) is 0 Å². The van der Waals surface area contributed by atoms with Gasteiger partial charge in [0.1, 0.15) is 15.5 Å². The van der Waals surface area contributed by atoms with Crippen molar-refractivity contribution in [1.29, 1.82) is 5.26 Å². The van der Waals surface area contributed by atoms with E-state index in [1.54, 1.807) is 24.3 Å². The number of carbonyl (C=O) groups is 1. The van der Waals surface area contributed by atoms with Crippen LogP contribution in [0.1, 0.15) is 58.7 Å². The quantitative estimate of drug-likeness (QED) is 0.390. The summed E-state index contributed by atoms with van der Waals surface area (Å²) in [4.78, 5) is 20.0. The van der Waals surface area contributed by atoms with Gasteiger partial charge in [-0.1, -0.05) is 25.5 Å². The minimum absolute atomic E-state index is 0.307. The number of nitrogens with two attached hydrogens (primary N) is 2. The second-order valence-electron chi connectivity index (χ2n) is 8.70. The minimum Gasteiger partial charge on any atom is -0.397 e. The van der Waals surface area contributed by atoms with Crippen molar-refractivity contribution in [3.8, 4) is 6.07 Å². The molecule has 3 aromatic rings. The Morgan fingerprint density at radius 3 is 2.68 bits per heavy atom. The topological polar surface area (TPSA) is 141 Å². The standard InChI is InChI=1S/C25H30N6O2S/c1-2-3-17-12-20(30-25-21(17)22(27)23(34-25)24(28)33)31-10-8-18(9-11-31)29-14-19(32)16-6-4-15(13-26)5-7-16/h4-7,12,18-19,29,32H,2-3,8-11,14,27H2,1H3,(H2,28,33). The van der Waals surface area contributed by atoms with Crippen LogP contribution in [-0.4, -0.2) is 41.7 Å². The molecule has 4 rings (SSSR count). The molecule has 178 valence electrons. The number of aliphatic hydroxyl groups excluding tert-OH is 1. The van der Waals surface area contributed by atoms with E-state index in [0.29, 0.717) is 28.7 Å². The maximum Gasteiger partial charge on any atom is 0.260 e. The number of nitriles is 1. The lowest BCUT2D eigenvalue weighted by Gasteiger charge is -2.34. The third-order valence-corrected chi connectivity index (χ3v) is 7.47. The Hall–Kier alpha value is -3.19. The third kappa shape index (κ3) is 4.99. The molecule has 0 radical (unpaired) electrons. The van der Waals surface area contributed by atoms with Gasteiger partial charge >= 0.3 is 0 Å². The molecule has 0 bridgehead atoms. The van der Waals surface area contributed by atoms with Gasteiger partial charge in [0, 0.05) is 31.1 Å². The number of piperidine rings is 1. The number of aliphatic hydroxyl groups is 1. The normalized spacial score (nSPS) is 15.4. The number of rotatable bonds is 8. The summed E-state index contributed by atoms with van der Waals surface area (Å²) in [5.74, 6) is 0.392. The van der Waals surface area contributed by atoms with Crippen LogP contribution in [0.5, 0.6) is 0 Å². The summed E-state index contributed by atoms with van der Waals surface area (Å²) >= 11 is 1.27. The zero-order valence-corrected chi connectivity index (χ0v) is 20.1. The molecule has 8 nitrogen and oxygen atoms in total. The first-order chi connectivity index (χ1) is 16.4. The number of nitrogens with one attached hydrogen (secondary N) is 1. The average molecular weight is 479 g/mol. The van der Waals surface area contributed by atoms with E-state index in [-0.39, 0.29) is 0 Å². The minimum atomic E-state index is -0.616. The Labute approximate surface area is 203 Å². The van der Waals surface area contributed by atoms with E-state index in [1.165, 1.54) is 11.3 Å². The number of thiophene rings is 1. The van der Waals surface area contributed by atoms with E-state index in [9.17, 15) is 9.90 Å². The molecule has 3 heterocycles. The fourth-order valence-corrected chi connectivity index (χ4v) is 5.47. The van der Waals surface area contributed by atoms with Crippen molar-refractivity contribution >= 4 is 39.0 Å². The molecule has 1 aliphatic rings. The molecule has 1 amide bonds. The monoisotopic (exact) mass is 478 g/mol. The second kappa shape index (κ2) is 10.4. The zero-order valence-electron chi connectivity index (χ0n) is 19.3. The van der Waals surface area contributed by atoms with E-state index in [2.05, 4.69) is 29.3 Å². The van der Waals surface area contributed by atoms with E-state index in [4.69, 9.17) is 21.7 Å². The van der Waals surface area contributed by atoms with Crippen LogP contribution in [0.4, 0.5) is 11.5 Å². The zero-order chi connectivity index (χ0) is 24.2. The SMILES string of the molecule is CCCc1cc(N2CCC(NCC(O)c3ccc(C#N)cc3)CC2)nc2sc(C(N)=O)c(N)c12. The molecule has 0 aliphatic carbocycles. The van der Waals surface area contributed by atoms with Gasteiger partial charge in [0.25, 0.3) is 5.91 Å². The van der Waals surface area contributed by atoms with Gasteiger partial charge in [-0.05, 0) is 48.6 Å². The smallest absolute Gasteiger partial charge is 0.260 e. The predicted octanol–water partition coefficient (Wildman–Crippen LogP) is 3.09. The van der Waals surface area contributed by atoms with Crippen LogP contribution in [0.15, 0.2) is 30.3 Å². The van der Waals surface area contributed by atoms with Crippen LogP contribution in [0.25, 0.3) is 10.2 Å². The summed E-state index contributed by atoms with van der Waals surface area (Å²) in [5, 5.41) is 23.7. The second-order valence-corrected chi connectivity index (χ2v) is 9.70. The number of aromatic nitrogens is 1. The summed E-state index contributed by atoms with van der Waals surface area (Å²) in [6.45, 7) is 4.27. The number of hydrogen-bond donors (Lipinski definition) is 4. The first-order valence-corrected chi connectivity index (χ1v) is 12.4. The summed E-state index contributed by atoms with van der Waals surface area (Å²) in [7, 11) is 0. The summed E-state index contributed by atoms with van der Waals surface area (Å²) < 4.78 is 0. The van der Waals surface area contributed by atoms with Crippen LogP contribution in [0, 0.1) is 11.3 Å². The maximum absolute atomic E-state index is 11.8. The highest BCUT2D eigenvalue weighted by molar-refractivity contribution is 7.21. The highest BCUT2D eigenvalue weighted by Crippen LogP contribution is 2.37. The summed E-state index contributed by atoms with van der Waals surface area (Å²) in [5.41, 5.74) is 14.7. The molecule has 0 saturated carbocycles. The molecular formula is C25H30N6O2S. The fraction of sp³-hybridized carbons (Fsp3) is 0.400. The number of fused-ring (bicyclic) bond motifs is 1. The molecule has 6 N–H and O–H groups in total. The van der Waals surface area contributed by atoms with E-state index >= 15 is 0 Å².